The van der Waals surface area contributed by atoms with E-state index in [-0.39, 0.29) is 11.3 Å². The lowest BCUT2D eigenvalue weighted by Gasteiger charge is -2.10. The number of carbonyl (C=O) groups is 1. The van der Waals surface area contributed by atoms with Gasteiger partial charge in [0.1, 0.15) is 6.42 Å². The zero-order valence-electron chi connectivity index (χ0n) is 12.4. The second kappa shape index (κ2) is 6.94. The molecule has 118 valence electrons. The van der Waals surface area contributed by atoms with Gasteiger partial charge in [-0.25, -0.2) is 8.42 Å². The molecule has 0 fully saturated rings. The molecule has 2 aromatic carbocycles. The van der Waals surface area contributed by atoms with Crippen LogP contribution in [0.1, 0.15) is 12.0 Å². The predicted octanol–water partition coefficient (Wildman–Crippen LogP) is 2.65. The summed E-state index contributed by atoms with van der Waals surface area (Å²) in [4.78, 5) is 11.4. The lowest BCUT2D eigenvalue weighted by Crippen LogP contribution is -2.14. The highest BCUT2D eigenvalue weighted by molar-refractivity contribution is 7.92. The highest BCUT2D eigenvalue weighted by Gasteiger charge is 2.15. The van der Waals surface area contributed by atoms with Crippen molar-refractivity contribution in [2.45, 2.75) is 18.2 Å². The Balaban J connectivity index is 2.21. The predicted molar refractivity (Wildman–Crippen MR) is 87.3 cm³/mol. The monoisotopic (exact) mass is 329 g/mol. The van der Waals surface area contributed by atoms with Crippen molar-refractivity contribution in [3.8, 4) is 6.07 Å². The van der Waals surface area contributed by atoms with Crippen LogP contribution in [0, 0.1) is 18.3 Å². The summed E-state index contributed by atoms with van der Waals surface area (Å²) in [5.41, 5.74) is 1.79. The van der Waals surface area contributed by atoms with Crippen LogP contribution in [0.2, 0.25) is 0 Å². The molecule has 2 aromatic rings. The van der Waals surface area contributed by atoms with Crippen LogP contribution in [0.15, 0.2) is 53.4 Å². The maximum atomic E-state index is 12.4. The molecule has 0 saturated heterocycles. The molecule has 0 atom stereocenters. The van der Waals surface area contributed by atoms with Gasteiger partial charge in [-0.1, -0.05) is 23.8 Å². The maximum Gasteiger partial charge on any atom is 0.261 e. The van der Waals surface area contributed by atoms with Gasteiger partial charge in [-0.3, -0.25) is 9.52 Å². The molecule has 0 aromatic heterocycles. The Kier molecular flexibility index (Phi) is 4.98. The minimum absolute atomic E-state index is 0.0211. The second-order valence-corrected chi connectivity index (χ2v) is 6.56. The van der Waals surface area contributed by atoms with Crippen LogP contribution in [-0.4, -0.2) is 14.3 Å². The van der Waals surface area contributed by atoms with Crippen LogP contribution >= 0.6 is 0 Å². The first-order valence-electron chi connectivity index (χ1n) is 6.77. The van der Waals surface area contributed by atoms with E-state index in [1.165, 1.54) is 18.2 Å². The molecule has 6 nitrogen and oxygen atoms in total. The molecule has 0 radical (unpaired) electrons. The van der Waals surface area contributed by atoms with Crippen molar-refractivity contribution in [3.05, 3.63) is 54.1 Å². The van der Waals surface area contributed by atoms with Gasteiger partial charge < -0.3 is 5.32 Å². The van der Waals surface area contributed by atoms with Crippen molar-refractivity contribution in [3.63, 3.8) is 0 Å². The third-order valence-electron chi connectivity index (χ3n) is 2.97. The number of hydrogen-bond acceptors (Lipinski definition) is 4. The number of hydrogen-bond donors (Lipinski definition) is 2. The Morgan fingerprint density at radius 3 is 2.48 bits per heavy atom. The van der Waals surface area contributed by atoms with E-state index in [0.29, 0.717) is 11.4 Å². The number of nitriles is 1. The Hall–Kier alpha value is -2.85. The summed E-state index contributed by atoms with van der Waals surface area (Å²) in [6.07, 6.45) is -0.293. The largest absolute Gasteiger partial charge is 0.325 e. The number of carbonyl (C=O) groups excluding carboxylic acids is 1. The normalized spacial score (nSPS) is 10.6. The highest BCUT2D eigenvalue weighted by Crippen LogP contribution is 2.19. The number of amides is 1. The summed E-state index contributed by atoms with van der Waals surface area (Å²) >= 11 is 0. The number of aryl methyl sites for hydroxylation is 1. The van der Waals surface area contributed by atoms with Crippen molar-refractivity contribution >= 4 is 27.3 Å². The van der Waals surface area contributed by atoms with Gasteiger partial charge in [0.15, 0.2) is 0 Å². The van der Waals surface area contributed by atoms with E-state index in [1.54, 1.807) is 36.4 Å². The van der Waals surface area contributed by atoms with Gasteiger partial charge in [-0.15, -0.1) is 0 Å². The molecule has 2 rings (SSSR count). The molecule has 23 heavy (non-hydrogen) atoms. The van der Waals surface area contributed by atoms with E-state index in [4.69, 9.17) is 5.26 Å². The zero-order chi connectivity index (χ0) is 16.9. The van der Waals surface area contributed by atoms with Gasteiger partial charge in [0, 0.05) is 11.4 Å². The second-order valence-electron chi connectivity index (χ2n) is 4.88. The molecule has 0 spiro atoms. The first kappa shape index (κ1) is 16.5. The molecular formula is C16H15N3O3S. The summed E-state index contributed by atoms with van der Waals surface area (Å²) in [5, 5.41) is 10.9. The summed E-state index contributed by atoms with van der Waals surface area (Å²) < 4.78 is 27.2. The van der Waals surface area contributed by atoms with E-state index in [1.807, 2.05) is 6.92 Å². The summed E-state index contributed by atoms with van der Waals surface area (Å²) in [7, 11) is -3.76. The molecule has 0 aliphatic rings. The molecule has 0 heterocycles. The third-order valence-corrected chi connectivity index (χ3v) is 4.35. The van der Waals surface area contributed by atoms with Crippen LogP contribution in [0.3, 0.4) is 0 Å². The average molecular weight is 329 g/mol. The Labute approximate surface area is 134 Å². The molecular weight excluding hydrogens is 314 g/mol. The van der Waals surface area contributed by atoms with Gasteiger partial charge in [-0.2, -0.15) is 5.26 Å². The molecule has 0 saturated carbocycles. The fraction of sp³-hybridized carbons (Fsp3) is 0.125. The van der Waals surface area contributed by atoms with Gasteiger partial charge in [0.2, 0.25) is 5.91 Å². The van der Waals surface area contributed by atoms with E-state index in [0.717, 1.165) is 5.56 Å². The first-order chi connectivity index (χ1) is 10.9. The molecule has 0 unspecified atom stereocenters. The molecule has 1 amide bonds. The van der Waals surface area contributed by atoms with Crippen LogP contribution in [-0.2, 0) is 14.8 Å². The fourth-order valence-electron chi connectivity index (χ4n) is 1.85. The van der Waals surface area contributed by atoms with Gasteiger partial charge in [0.05, 0.1) is 11.0 Å². The highest BCUT2D eigenvalue weighted by atomic mass is 32.2. The number of nitrogens with zero attached hydrogens (tertiary/aromatic N) is 1. The molecule has 2 N–H and O–H groups in total. The van der Waals surface area contributed by atoms with Gasteiger partial charge in [-0.05, 0) is 37.3 Å². The van der Waals surface area contributed by atoms with Crippen molar-refractivity contribution < 1.29 is 13.2 Å². The molecule has 7 heteroatoms. The molecule has 0 aliphatic heterocycles. The summed E-state index contributed by atoms with van der Waals surface area (Å²) in [6, 6.07) is 14.5. The minimum Gasteiger partial charge on any atom is -0.325 e. The molecule has 0 aliphatic carbocycles. The number of anilines is 2. The van der Waals surface area contributed by atoms with E-state index in [2.05, 4.69) is 10.0 Å². The fourth-order valence-corrected chi connectivity index (χ4v) is 2.96. The Morgan fingerprint density at radius 1 is 1.13 bits per heavy atom. The lowest BCUT2D eigenvalue weighted by molar-refractivity contribution is -0.115. The number of rotatable bonds is 5. The quantitative estimate of drug-likeness (QED) is 0.881. The summed E-state index contributed by atoms with van der Waals surface area (Å²) in [5.74, 6) is -0.492. The van der Waals surface area contributed by atoms with E-state index in [9.17, 15) is 13.2 Å². The van der Waals surface area contributed by atoms with Crippen molar-refractivity contribution in [1.29, 1.82) is 5.26 Å². The van der Waals surface area contributed by atoms with Crippen molar-refractivity contribution in [2.75, 3.05) is 10.0 Å². The van der Waals surface area contributed by atoms with Crippen LogP contribution in [0.5, 0.6) is 0 Å². The lowest BCUT2D eigenvalue weighted by atomic mass is 10.2. The molecule has 0 bridgehead atoms. The maximum absolute atomic E-state index is 12.4. The average Bonchev–Trinajstić information content (AvgIpc) is 2.50. The Morgan fingerprint density at radius 2 is 1.83 bits per heavy atom. The topological polar surface area (TPSA) is 99.1 Å². The van der Waals surface area contributed by atoms with Crippen LogP contribution in [0.4, 0.5) is 11.4 Å². The van der Waals surface area contributed by atoms with Crippen LogP contribution < -0.4 is 10.0 Å². The third kappa shape index (κ3) is 4.56. The van der Waals surface area contributed by atoms with E-state index < -0.39 is 15.9 Å². The first-order valence-corrected chi connectivity index (χ1v) is 8.25. The van der Waals surface area contributed by atoms with Crippen LogP contribution in [0.25, 0.3) is 0 Å². The Bertz CT molecular complexity index is 853. The minimum atomic E-state index is -3.76. The van der Waals surface area contributed by atoms with E-state index >= 15 is 0 Å². The number of sulfonamides is 1. The van der Waals surface area contributed by atoms with Gasteiger partial charge in [0.25, 0.3) is 10.0 Å². The standard InChI is InChI=1S/C16H15N3O3S/c1-12-5-7-13(8-6-12)19-23(21,22)15-4-2-3-14(11-15)18-16(20)9-10-17/h2-8,11,19H,9H2,1H3,(H,18,20). The van der Waals surface area contributed by atoms with Crippen molar-refractivity contribution in [1.82, 2.24) is 0 Å². The summed E-state index contributed by atoms with van der Waals surface area (Å²) in [6.45, 7) is 1.91. The SMILES string of the molecule is Cc1ccc(NS(=O)(=O)c2cccc(NC(=O)CC#N)c2)cc1. The van der Waals surface area contributed by atoms with Gasteiger partial charge >= 0.3 is 0 Å². The smallest absolute Gasteiger partial charge is 0.261 e. The number of benzene rings is 2. The zero-order valence-corrected chi connectivity index (χ0v) is 13.2. The number of nitrogens with one attached hydrogen (secondary N) is 2. The van der Waals surface area contributed by atoms with Crippen molar-refractivity contribution in [2.24, 2.45) is 0 Å².